The van der Waals surface area contributed by atoms with Gasteiger partial charge in [0.25, 0.3) is 0 Å². The number of rotatable bonds is 3. The summed E-state index contributed by atoms with van der Waals surface area (Å²) in [6, 6.07) is 10.1. The zero-order valence-corrected chi connectivity index (χ0v) is 8.39. The third kappa shape index (κ3) is 3.06. The van der Waals surface area contributed by atoms with Gasteiger partial charge in [0.15, 0.2) is 0 Å². The molecular weight excluding hydrogens is 192 g/mol. The summed E-state index contributed by atoms with van der Waals surface area (Å²) < 4.78 is 0. The molecule has 0 atom stereocenters. The maximum Gasteiger partial charge on any atom is 0.434 e. The molecule has 0 saturated heterocycles. The predicted molar refractivity (Wildman–Crippen MR) is 55.4 cm³/mol. The van der Waals surface area contributed by atoms with Gasteiger partial charge in [0.2, 0.25) is 0 Å². The van der Waals surface area contributed by atoms with E-state index in [-0.39, 0.29) is 0 Å². The second kappa shape index (κ2) is 4.75. The molecule has 0 fully saturated rings. The predicted octanol–water partition coefficient (Wildman–Crippen LogP) is 2.58. The van der Waals surface area contributed by atoms with Crippen molar-refractivity contribution in [2.45, 2.75) is 6.54 Å². The van der Waals surface area contributed by atoms with Gasteiger partial charge in [-0.2, -0.15) is 0 Å². The highest BCUT2D eigenvalue weighted by atomic mass is 35.5. The lowest BCUT2D eigenvalue weighted by molar-refractivity contribution is 0.535. The Balaban J connectivity index is 2.53. The summed E-state index contributed by atoms with van der Waals surface area (Å²) in [6.07, 6.45) is 0. The van der Waals surface area contributed by atoms with Crippen molar-refractivity contribution >= 4 is 28.6 Å². The third-order valence-corrected chi connectivity index (χ3v) is 2.27. The SMILES string of the molecule is CN(Cc1ccccc1)B(Cl)Cl. The van der Waals surface area contributed by atoms with E-state index < -0.39 is 5.68 Å². The molecule has 1 nitrogen and oxygen atoms in total. The van der Waals surface area contributed by atoms with Crippen molar-refractivity contribution in [3.05, 3.63) is 35.9 Å². The van der Waals surface area contributed by atoms with Gasteiger partial charge >= 0.3 is 5.68 Å². The van der Waals surface area contributed by atoms with Crippen LogP contribution in [-0.2, 0) is 6.54 Å². The highest BCUT2D eigenvalue weighted by Crippen LogP contribution is 2.07. The molecule has 0 aliphatic heterocycles. The lowest BCUT2D eigenvalue weighted by Gasteiger charge is -2.14. The molecule has 1 rings (SSSR count). The fourth-order valence-electron chi connectivity index (χ4n) is 0.940. The largest absolute Gasteiger partial charge is 0.434 e. The molecule has 1 aromatic carbocycles. The molecule has 64 valence electrons. The summed E-state index contributed by atoms with van der Waals surface area (Å²) in [5.74, 6) is 0. The molecule has 1 aromatic rings. The maximum absolute atomic E-state index is 5.67. The quantitative estimate of drug-likeness (QED) is 0.680. The smallest absolute Gasteiger partial charge is 0.314 e. The number of halogens is 2. The maximum atomic E-state index is 5.67. The second-order valence-corrected chi connectivity index (χ2v) is 3.73. The Hall–Kier alpha value is -0.175. The molecule has 0 aliphatic carbocycles. The monoisotopic (exact) mass is 201 g/mol. The Kier molecular flexibility index (Phi) is 3.93. The minimum atomic E-state index is -0.440. The standard InChI is InChI=1S/C8H10BCl2N/c1-12(9(10)11)7-8-5-3-2-4-6-8/h2-6H,7H2,1H3. The van der Waals surface area contributed by atoms with Crippen molar-refractivity contribution in [3.63, 3.8) is 0 Å². The van der Waals surface area contributed by atoms with Crippen LogP contribution in [-0.4, -0.2) is 17.5 Å². The normalized spacial score (nSPS) is 10.3. The number of nitrogens with zero attached hydrogens (tertiary/aromatic N) is 1. The molecular formula is C8H10BCl2N. The van der Waals surface area contributed by atoms with Gasteiger partial charge in [0.1, 0.15) is 0 Å². The molecule has 0 aromatic heterocycles. The molecule has 0 unspecified atom stereocenters. The van der Waals surface area contributed by atoms with Crippen LogP contribution >= 0.6 is 22.9 Å². The average Bonchev–Trinajstić information content (AvgIpc) is 2.06. The zero-order chi connectivity index (χ0) is 8.97. The van der Waals surface area contributed by atoms with Crippen molar-refractivity contribution in [1.82, 2.24) is 4.81 Å². The molecule has 0 bridgehead atoms. The highest BCUT2D eigenvalue weighted by Gasteiger charge is 2.12. The zero-order valence-electron chi connectivity index (χ0n) is 6.87. The van der Waals surface area contributed by atoms with E-state index in [4.69, 9.17) is 22.9 Å². The lowest BCUT2D eigenvalue weighted by Crippen LogP contribution is -2.25. The van der Waals surface area contributed by atoms with E-state index in [0.29, 0.717) is 0 Å². The summed E-state index contributed by atoms with van der Waals surface area (Å²) >= 11 is 11.3. The molecule has 0 heterocycles. The second-order valence-electron chi connectivity index (χ2n) is 2.68. The Bertz CT molecular complexity index is 228. The van der Waals surface area contributed by atoms with Crippen LogP contribution in [0.2, 0.25) is 0 Å². The van der Waals surface area contributed by atoms with Crippen LogP contribution in [0.4, 0.5) is 0 Å². The Morgan fingerprint density at radius 2 is 1.83 bits per heavy atom. The first-order valence-electron chi connectivity index (χ1n) is 3.72. The fourth-order valence-corrected chi connectivity index (χ4v) is 1.08. The number of hydrogen-bond donors (Lipinski definition) is 0. The van der Waals surface area contributed by atoms with Gasteiger partial charge in [-0.15, -0.1) is 22.9 Å². The molecule has 12 heavy (non-hydrogen) atoms. The van der Waals surface area contributed by atoms with E-state index in [1.54, 1.807) is 0 Å². The summed E-state index contributed by atoms with van der Waals surface area (Å²) in [5, 5.41) is 0. The molecule has 0 spiro atoms. The number of benzene rings is 1. The minimum Gasteiger partial charge on any atom is -0.314 e. The first-order chi connectivity index (χ1) is 5.70. The molecule has 0 N–H and O–H groups in total. The van der Waals surface area contributed by atoms with E-state index in [1.165, 1.54) is 5.56 Å². The van der Waals surface area contributed by atoms with Crippen molar-refractivity contribution in [2.75, 3.05) is 7.05 Å². The van der Waals surface area contributed by atoms with E-state index in [9.17, 15) is 0 Å². The highest BCUT2D eigenvalue weighted by molar-refractivity contribution is 7.32. The topological polar surface area (TPSA) is 3.24 Å². The van der Waals surface area contributed by atoms with Crippen LogP contribution in [0.3, 0.4) is 0 Å². The molecule has 0 radical (unpaired) electrons. The van der Waals surface area contributed by atoms with Crippen LogP contribution in [0.25, 0.3) is 0 Å². The number of hydrogen-bond acceptors (Lipinski definition) is 1. The van der Waals surface area contributed by atoms with Gasteiger partial charge in [0.05, 0.1) is 0 Å². The minimum absolute atomic E-state index is 0.440. The van der Waals surface area contributed by atoms with Crippen LogP contribution in [0.15, 0.2) is 30.3 Å². The summed E-state index contributed by atoms with van der Waals surface area (Å²) in [5.41, 5.74) is 0.775. The molecule has 0 amide bonds. The first-order valence-corrected chi connectivity index (χ1v) is 4.60. The van der Waals surface area contributed by atoms with Crippen LogP contribution in [0.1, 0.15) is 5.56 Å². The van der Waals surface area contributed by atoms with Crippen LogP contribution in [0.5, 0.6) is 0 Å². The van der Waals surface area contributed by atoms with Crippen molar-refractivity contribution in [1.29, 1.82) is 0 Å². The van der Waals surface area contributed by atoms with Gasteiger partial charge in [-0.05, 0) is 12.6 Å². The van der Waals surface area contributed by atoms with E-state index in [0.717, 1.165) is 6.54 Å². The van der Waals surface area contributed by atoms with Crippen molar-refractivity contribution in [2.24, 2.45) is 0 Å². The summed E-state index contributed by atoms with van der Waals surface area (Å²) in [6.45, 7) is 0.776. The van der Waals surface area contributed by atoms with E-state index in [2.05, 4.69) is 0 Å². The Labute approximate surface area is 83.2 Å². The lowest BCUT2D eigenvalue weighted by atomic mass is 10.2. The van der Waals surface area contributed by atoms with Crippen molar-refractivity contribution in [3.8, 4) is 0 Å². The summed E-state index contributed by atoms with van der Waals surface area (Å²) in [4.78, 5) is 1.86. The van der Waals surface area contributed by atoms with E-state index >= 15 is 0 Å². The first kappa shape index (κ1) is 9.91. The summed E-state index contributed by atoms with van der Waals surface area (Å²) in [7, 11) is 1.89. The van der Waals surface area contributed by atoms with Gasteiger partial charge in [-0.25, -0.2) is 0 Å². The van der Waals surface area contributed by atoms with Crippen LogP contribution in [0, 0.1) is 0 Å². The Morgan fingerprint density at radius 1 is 1.25 bits per heavy atom. The van der Waals surface area contributed by atoms with Gasteiger partial charge in [-0.1, -0.05) is 30.3 Å². The molecule has 4 heteroatoms. The Morgan fingerprint density at radius 3 is 2.33 bits per heavy atom. The molecule has 0 saturated carbocycles. The van der Waals surface area contributed by atoms with Gasteiger partial charge < -0.3 is 4.81 Å². The average molecular weight is 202 g/mol. The fraction of sp³-hybridized carbons (Fsp3) is 0.250. The third-order valence-electron chi connectivity index (χ3n) is 1.61. The van der Waals surface area contributed by atoms with Gasteiger partial charge in [-0.3, -0.25) is 0 Å². The molecule has 0 aliphatic rings. The van der Waals surface area contributed by atoms with Crippen LogP contribution < -0.4 is 0 Å². The van der Waals surface area contributed by atoms with Crippen molar-refractivity contribution < 1.29 is 0 Å². The van der Waals surface area contributed by atoms with Gasteiger partial charge in [0, 0.05) is 6.54 Å². The van der Waals surface area contributed by atoms with E-state index in [1.807, 2.05) is 42.2 Å².